The second-order valence-electron chi connectivity index (χ2n) is 5.25. The zero-order valence-electron chi connectivity index (χ0n) is 13.9. The Morgan fingerprint density at radius 2 is 1.54 bits per heavy atom. The van der Waals surface area contributed by atoms with Crippen molar-refractivity contribution >= 4 is 17.5 Å². The summed E-state index contributed by atoms with van der Waals surface area (Å²) >= 11 is 0. The van der Waals surface area contributed by atoms with Gasteiger partial charge >= 0.3 is 6.09 Å². The Morgan fingerprint density at radius 1 is 0.885 bits per heavy atom. The molecule has 0 spiro atoms. The molecule has 0 unspecified atom stereocenters. The van der Waals surface area contributed by atoms with Crippen LogP contribution in [-0.2, 0) is 11.3 Å². The summed E-state index contributed by atoms with van der Waals surface area (Å²) in [5, 5.41) is 2.45. The van der Waals surface area contributed by atoms with Crippen molar-refractivity contribution in [1.29, 1.82) is 0 Å². The quantitative estimate of drug-likeness (QED) is 0.650. The lowest BCUT2D eigenvalue weighted by Gasteiger charge is -2.06. The summed E-state index contributed by atoms with van der Waals surface area (Å²) in [6.07, 6.45) is -0.607. The van der Waals surface area contributed by atoms with Crippen LogP contribution in [0.4, 0.5) is 25.0 Å². The third kappa shape index (κ3) is 7.00. The molecule has 0 bridgehead atoms. The highest BCUT2D eigenvalue weighted by atomic mass is 19.1. The molecule has 0 aliphatic carbocycles. The SMILES string of the molecule is Nc1cccc(F)c1.O=C(Nc1cccc(F)c1)OCc1ccccc1. The number of halogens is 2. The van der Waals surface area contributed by atoms with Crippen LogP contribution in [0.15, 0.2) is 78.9 Å². The molecule has 3 rings (SSSR count). The lowest BCUT2D eigenvalue weighted by molar-refractivity contribution is 0.155. The molecule has 0 fully saturated rings. The van der Waals surface area contributed by atoms with Gasteiger partial charge in [0.2, 0.25) is 0 Å². The molecule has 4 nitrogen and oxygen atoms in total. The molecular formula is C20H18F2N2O2. The Labute approximate surface area is 150 Å². The predicted octanol–water partition coefficient (Wildman–Crippen LogP) is 4.98. The van der Waals surface area contributed by atoms with E-state index in [1.165, 1.54) is 30.3 Å². The van der Waals surface area contributed by atoms with E-state index < -0.39 is 11.9 Å². The summed E-state index contributed by atoms with van der Waals surface area (Å²) in [5.74, 6) is -0.694. The second kappa shape index (κ2) is 9.78. The lowest BCUT2D eigenvalue weighted by Crippen LogP contribution is -2.13. The third-order valence-electron chi connectivity index (χ3n) is 3.13. The Hall–Kier alpha value is -3.41. The number of nitrogens with two attached hydrogens (primary N) is 1. The number of anilines is 2. The van der Waals surface area contributed by atoms with Crippen LogP contribution < -0.4 is 11.1 Å². The molecule has 0 saturated carbocycles. The largest absolute Gasteiger partial charge is 0.444 e. The highest BCUT2D eigenvalue weighted by molar-refractivity contribution is 5.84. The molecule has 1 amide bonds. The zero-order valence-corrected chi connectivity index (χ0v) is 13.9. The van der Waals surface area contributed by atoms with Crippen molar-refractivity contribution in [1.82, 2.24) is 0 Å². The van der Waals surface area contributed by atoms with Gasteiger partial charge in [0.05, 0.1) is 0 Å². The van der Waals surface area contributed by atoms with Crippen LogP contribution in [0, 0.1) is 11.6 Å². The molecule has 0 aliphatic heterocycles. The van der Waals surface area contributed by atoms with Crippen LogP contribution in [0.5, 0.6) is 0 Å². The minimum absolute atomic E-state index is 0.183. The first-order valence-corrected chi connectivity index (χ1v) is 7.77. The second-order valence-corrected chi connectivity index (χ2v) is 5.25. The fourth-order valence-corrected chi connectivity index (χ4v) is 1.95. The number of hydrogen-bond acceptors (Lipinski definition) is 3. The summed E-state index contributed by atoms with van der Waals surface area (Å²) in [7, 11) is 0. The average molecular weight is 356 g/mol. The maximum Gasteiger partial charge on any atom is 0.411 e. The lowest BCUT2D eigenvalue weighted by atomic mass is 10.2. The van der Waals surface area contributed by atoms with Crippen LogP contribution in [0.25, 0.3) is 0 Å². The highest BCUT2D eigenvalue weighted by Crippen LogP contribution is 2.10. The van der Waals surface area contributed by atoms with Gasteiger partial charge in [-0.25, -0.2) is 13.6 Å². The molecule has 0 heterocycles. The summed E-state index contributed by atoms with van der Waals surface area (Å²) in [6.45, 7) is 0.183. The molecule has 3 N–H and O–H groups in total. The van der Waals surface area contributed by atoms with Gasteiger partial charge in [-0.1, -0.05) is 42.5 Å². The zero-order chi connectivity index (χ0) is 18.8. The summed E-state index contributed by atoms with van der Waals surface area (Å²) in [5.41, 5.74) is 6.95. The molecule has 26 heavy (non-hydrogen) atoms. The topological polar surface area (TPSA) is 64.4 Å². The first-order chi connectivity index (χ1) is 12.5. The van der Waals surface area contributed by atoms with Gasteiger partial charge in [-0.3, -0.25) is 5.32 Å². The van der Waals surface area contributed by atoms with E-state index in [4.69, 9.17) is 10.5 Å². The Kier molecular flexibility index (Phi) is 7.12. The average Bonchev–Trinajstić information content (AvgIpc) is 2.61. The van der Waals surface area contributed by atoms with Crippen molar-refractivity contribution in [3.05, 3.63) is 96.1 Å². The number of hydrogen-bond donors (Lipinski definition) is 2. The molecule has 0 aliphatic rings. The summed E-state index contributed by atoms with van der Waals surface area (Å²) < 4.78 is 30.0. The molecule has 6 heteroatoms. The van der Waals surface area contributed by atoms with Crippen LogP contribution >= 0.6 is 0 Å². The maximum atomic E-state index is 12.9. The van der Waals surface area contributed by atoms with Gasteiger partial charge < -0.3 is 10.5 Å². The maximum absolute atomic E-state index is 12.9. The van der Waals surface area contributed by atoms with Crippen molar-refractivity contribution in [3.8, 4) is 0 Å². The normalized spacial score (nSPS) is 9.62. The Morgan fingerprint density at radius 3 is 2.12 bits per heavy atom. The molecule has 0 atom stereocenters. The number of rotatable bonds is 3. The number of nitrogens with one attached hydrogen (secondary N) is 1. The van der Waals surface area contributed by atoms with Gasteiger partial charge in [0.1, 0.15) is 18.2 Å². The van der Waals surface area contributed by atoms with Crippen molar-refractivity contribution in [2.24, 2.45) is 0 Å². The van der Waals surface area contributed by atoms with Crippen molar-refractivity contribution in [2.45, 2.75) is 6.61 Å². The van der Waals surface area contributed by atoms with E-state index in [9.17, 15) is 13.6 Å². The third-order valence-corrected chi connectivity index (χ3v) is 3.13. The van der Waals surface area contributed by atoms with E-state index in [0.717, 1.165) is 5.56 Å². The van der Waals surface area contributed by atoms with Gasteiger partial charge in [-0.2, -0.15) is 0 Å². The first kappa shape index (κ1) is 18.9. The van der Waals surface area contributed by atoms with Crippen LogP contribution in [-0.4, -0.2) is 6.09 Å². The van der Waals surface area contributed by atoms with E-state index in [1.807, 2.05) is 30.3 Å². The molecule has 3 aromatic rings. The van der Waals surface area contributed by atoms with Crippen molar-refractivity contribution < 1.29 is 18.3 Å². The number of nitrogen functional groups attached to an aromatic ring is 1. The van der Waals surface area contributed by atoms with Gasteiger partial charge in [-0.15, -0.1) is 0 Å². The standard InChI is InChI=1S/C14H12FNO2.C6H6FN/c15-12-7-4-8-13(9-12)16-14(17)18-10-11-5-2-1-3-6-11;7-5-2-1-3-6(8)4-5/h1-9H,10H2,(H,16,17);1-4H,8H2. The van der Waals surface area contributed by atoms with E-state index in [0.29, 0.717) is 11.4 Å². The highest BCUT2D eigenvalue weighted by Gasteiger charge is 2.04. The number of ether oxygens (including phenoxy) is 1. The molecule has 134 valence electrons. The minimum Gasteiger partial charge on any atom is -0.444 e. The van der Waals surface area contributed by atoms with Crippen molar-refractivity contribution in [3.63, 3.8) is 0 Å². The Bertz CT molecular complexity index is 825. The van der Waals surface area contributed by atoms with Gasteiger partial charge in [0.25, 0.3) is 0 Å². The van der Waals surface area contributed by atoms with E-state index in [-0.39, 0.29) is 12.4 Å². The molecule has 0 saturated heterocycles. The Balaban J connectivity index is 0.000000254. The number of benzene rings is 3. The smallest absolute Gasteiger partial charge is 0.411 e. The first-order valence-electron chi connectivity index (χ1n) is 7.77. The van der Waals surface area contributed by atoms with Crippen LogP contribution in [0.1, 0.15) is 5.56 Å². The molecule has 3 aromatic carbocycles. The predicted molar refractivity (Wildman–Crippen MR) is 97.5 cm³/mol. The summed E-state index contributed by atoms with van der Waals surface area (Å²) in [6, 6.07) is 20.8. The van der Waals surface area contributed by atoms with Gasteiger partial charge in [-0.05, 0) is 42.0 Å². The van der Waals surface area contributed by atoms with Gasteiger partial charge in [0.15, 0.2) is 0 Å². The fourth-order valence-electron chi connectivity index (χ4n) is 1.95. The number of carbonyl (C=O) groups is 1. The van der Waals surface area contributed by atoms with Crippen molar-refractivity contribution in [2.75, 3.05) is 11.1 Å². The monoisotopic (exact) mass is 356 g/mol. The van der Waals surface area contributed by atoms with Gasteiger partial charge in [0, 0.05) is 11.4 Å². The number of carbonyl (C=O) groups excluding carboxylic acids is 1. The van der Waals surface area contributed by atoms with E-state index in [2.05, 4.69) is 5.32 Å². The summed E-state index contributed by atoms with van der Waals surface area (Å²) in [4.78, 5) is 11.4. The van der Waals surface area contributed by atoms with Crippen LogP contribution in [0.2, 0.25) is 0 Å². The fraction of sp³-hybridized carbons (Fsp3) is 0.0500. The molecular weight excluding hydrogens is 338 g/mol. The minimum atomic E-state index is -0.607. The van der Waals surface area contributed by atoms with E-state index >= 15 is 0 Å². The molecule has 0 radical (unpaired) electrons. The molecule has 0 aromatic heterocycles. The number of amides is 1. The van der Waals surface area contributed by atoms with Crippen LogP contribution in [0.3, 0.4) is 0 Å². The van der Waals surface area contributed by atoms with E-state index in [1.54, 1.807) is 18.2 Å².